The van der Waals surface area contributed by atoms with Crippen molar-refractivity contribution in [3.05, 3.63) is 183 Å². The Morgan fingerprint density at radius 1 is 0.714 bits per heavy atom. The lowest BCUT2D eigenvalue weighted by molar-refractivity contribution is -0.279. The first-order valence-electron chi connectivity index (χ1n) is 16.3. The number of hydrogen-bond acceptors (Lipinski definition) is 6. The topological polar surface area (TPSA) is 55.7 Å². The quantitative estimate of drug-likeness (QED) is 0.179. The zero-order valence-corrected chi connectivity index (χ0v) is 28.3. The Balaban J connectivity index is 1.36. The molecule has 49 heavy (non-hydrogen) atoms. The summed E-state index contributed by atoms with van der Waals surface area (Å²) in [6.07, 6.45) is 2.11. The molecule has 1 saturated heterocycles. The van der Waals surface area contributed by atoms with E-state index in [9.17, 15) is 0 Å². The molecule has 5 aromatic carbocycles. The van der Waals surface area contributed by atoms with Gasteiger partial charge in [0.25, 0.3) is 5.90 Å². The van der Waals surface area contributed by atoms with Crippen molar-refractivity contribution in [2.45, 2.75) is 30.3 Å². The van der Waals surface area contributed by atoms with Crippen molar-refractivity contribution in [1.82, 2.24) is 4.90 Å². The molecule has 0 bridgehead atoms. The monoisotopic (exact) mass is 685 g/mol. The molecule has 6 nitrogen and oxygen atoms in total. The minimum atomic E-state index is -1.50. The molecule has 0 aliphatic carbocycles. The summed E-state index contributed by atoms with van der Waals surface area (Å²) in [5, 5.41) is 10.8. The molecule has 1 fully saturated rings. The molecule has 0 saturated carbocycles. The Hall–Kier alpha value is -4.88. The second kappa shape index (κ2) is 12.9. The summed E-state index contributed by atoms with van der Waals surface area (Å²) in [6, 6.07) is 46.0. The van der Waals surface area contributed by atoms with Gasteiger partial charge in [-0.1, -0.05) is 131 Å². The zero-order chi connectivity index (χ0) is 33.4. The van der Waals surface area contributed by atoms with Crippen molar-refractivity contribution < 1.29 is 14.4 Å². The highest BCUT2D eigenvalue weighted by molar-refractivity contribution is 6.30. The van der Waals surface area contributed by atoms with Crippen LogP contribution < -0.4 is 0 Å². The standard InChI is InChI=1S/C41H33Cl2N3O3/c1-28(30-11-5-2-6-12-30)46-26-34(25-29-17-21-35(42)22-18-29)41(47-39(45-49-41)33-15-9-4-10-16-33)40(27-46)37(31-19-23-36(43)24-20-31)38(44-48-40)32-13-7-3-8-14-32/h2-25,28,37H,26-27H2,1H3/b34-25+/t28-,37+,40+,41-/m1/s1. The van der Waals surface area contributed by atoms with Gasteiger partial charge in [-0.3, -0.25) is 4.90 Å². The van der Waals surface area contributed by atoms with Gasteiger partial charge in [0, 0.05) is 39.3 Å². The maximum absolute atomic E-state index is 7.10. The molecule has 4 atom stereocenters. The summed E-state index contributed by atoms with van der Waals surface area (Å²) in [6.45, 7) is 3.13. The lowest BCUT2D eigenvalue weighted by atomic mass is 9.68. The number of halogens is 2. The van der Waals surface area contributed by atoms with Crippen LogP contribution in [-0.4, -0.2) is 41.0 Å². The summed E-state index contributed by atoms with van der Waals surface area (Å²) in [7, 11) is 0. The summed E-state index contributed by atoms with van der Waals surface area (Å²) >= 11 is 12.8. The van der Waals surface area contributed by atoms with E-state index < -0.39 is 17.3 Å². The summed E-state index contributed by atoms with van der Waals surface area (Å²) in [4.78, 5) is 16.0. The van der Waals surface area contributed by atoms with Crippen molar-refractivity contribution >= 4 is 40.9 Å². The molecule has 3 aliphatic heterocycles. The fraction of sp³-hybridized carbons (Fsp3) is 0.171. The van der Waals surface area contributed by atoms with Crippen LogP contribution in [0.4, 0.5) is 0 Å². The van der Waals surface area contributed by atoms with E-state index in [-0.39, 0.29) is 6.04 Å². The second-order valence-electron chi connectivity index (χ2n) is 12.6. The molecule has 8 heteroatoms. The predicted molar refractivity (Wildman–Crippen MR) is 195 cm³/mol. The number of likely N-dealkylation sites (tertiary alicyclic amines) is 1. The molecular weight excluding hydrogens is 653 g/mol. The van der Waals surface area contributed by atoms with Gasteiger partial charge in [0.1, 0.15) is 0 Å². The highest BCUT2D eigenvalue weighted by atomic mass is 35.5. The fourth-order valence-corrected chi connectivity index (χ4v) is 7.42. The molecule has 3 aliphatic rings. The Bertz CT molecular complexity index is 2040. The fourth-order valence-electron chi connectivity index (χ4n) is 7.17. The van der Waals surface area contributed by atoms with Crippen LogP contribution in [0.5, 0.6) is 0 Å². The smallest absolute Gasteiger partial charge is 0.346 e. The van der Waals surface area contributed by atoms with E-state index in [1.807, 2.05) is 103 Å². The van der Waals surface area contributed by atoms with Gasteiger partial charge in [-0.15, -0.1) is 0 Å². The average Bonchev–Trinajstić information content (AvgIpc) is 3.77. The number of rotatable bonds is 6. The molecule has 8 rings (SSSR count). The van der Waals surface area contributed by atoms with E-state index in [0.717, 1.165) is 33.5 Å². The second-order valence-corrected chi connectivity index (χ2v) is 13.5. The summed E-state index contributed by atoms with van der Waals surface area (Å²) < 4.78 is 7.10. The highest BCUT2D eigenvalue weighted by Gasteiger charge is 2.74. The molecule has 5 aromatic rings. The Kier molecular flexibility index (Phi) is 8.24. The van der Waals surface area contributed by atoms with Crippen molar-refractivity contribution in [3.63, 3.8) is 0 Å². The maximum Gasteiger partial charge on any atom is 0.346 e. The zero-order valence-electron chi connectivity index (χ0n) is 26.7. The van der Waals surface area contributed by atoms with Gasteiger partial charge in [0.15, 0.2) is 0 Å². The Morgan fingerprint density at radius 3 is 1.96 bits per heavy atom. The van der Waals surface area contributed by atoms with Crippen LogP contribution in [0.3, 0.4) is 0 Å². The highest BCUT2D eigenvalue weighted by Crippen LogP contribution is 2.57. The lowest BCUT2D eigenvalue weighted by Crippen LogP contribution is -2.69. The van der Waals surface area contributed by atoms with E-state index in [4.69, 9.17) is 42.8 Å². The predicted octanol–water partition coefficient (Wildman–Crippen LogP) is 9.52. The van der Waals surface area contributed by atoms with Crippen LogP contribution >= 0.6 is 23.2 Å². The van der Waals surface area contributed by atoms with E-state index in [1.54, 1.807) is 0 Å². The number of nitrogens with zero attached hydrogens (tertiary/aromatic N) is 3. The largest absolute Gasteiger partial charge is 0.422 e. The van der Waals surface area contributed by atoms with E-state index in [1.165, 1.54) is 5.56 Å². The SMILES string of the molecule is C[C@H](c1ccccc1)N1C/C(=C\c2ccc(Cl)cc2)[C@@]2(ON=C(c3ccccc3)O2)[C@@]2(C1)ON=C(c1ccccc1)[C@@H]2c1ccc(Cl)cc1. The van der Waals surface area contributed by atoms with Gasteiger partial charge in [-0.05, 0) is 71.2 Å². The van der Waals surface area contributed by atoms with E-state index in [0.29, 0.717) is 29.0 Å². The van der Waals surface area contributed by atoms with Gasteiger partial charge in [-0.25, -0.2) is 0 Å². The van der Waals surface area contributed by atoms with Crippen LogP contribution in [-0.2, 0) is 14.4 Å². The van der Waals surface area contributed by atoms with Crippen LogP contribution in [0.1, 0.15) is 46.7 Å². The third-order valence-corrected chi connectivity index (χ3v) is 10.2. The van der Waals surface area contributed by atoms with Crippen molar-refractivity contribution in [1.29, 1.82) is 0 Å². The van der Waals surface area contributed by atoms with Crippen LogP contribution in [0, 0.1) is 0 Å². The normalized spacial score (nSPS) is 24.6. The number of hydrogen-bond donors (Lipinski definition) is 0. The minimum Gasteiger partial charge on any atom is -0.422 e. The van der Waals surface area contributed by atoms with Gasteiger partial charge in [0.2, 0.25) is 5.60 Å². The molecule has 0 amide bonds. The van der Waals surface area contributed by atoms with Crippen LogP contribution in [0.2, 0.25) is 10.0 Å². The van der Waals surface area contributed by atoms with Gasteiger partial charge in [0.05, 0.1) is 18.2 Å². The van der Waals surface area contributed by atoms with Crippen molar-refractivity contribution in [2.75, 3.05) is 13.1 Å². The number of ether oxygens (including phenoxy) is 1. The van der Waals surface area contributed by atoms with E-state index in [2.05, 4.69) is 59.5 Å². The summed E-state index contributed by atoms with van der Waals surface area (Å²) in [5.74, 6) is -1.58. The van der Waals surface area contributed by atoms with Crippen LogP contribution in [0.25, 0.3) is 6.08 Å². The first-order chi connectivity index (χ1) is 24.0. The molecule has 2 spiro atoms. The molecule has 244 valence electrons. The molecule has 0 unspecified atom stereocenters. The minimum absolute atomic E-state index is 0.00945. The Morgan fingerprint density at radius 2 is 1.31 bits per heavy atom. The number of piperidine rings is 1. The van der Waals surface area contributed by atoms with Crippen molar-refractivity contribution in [3.8, 4) is 0 Å². The van der Waals surface area contributed by atoms with Gasteiger partial charge in [-0.2, -0.15) is 0 Å². The van der Waals surface area contributed by atoms with Gasteiger partial charge >= 0.3 is 5.79 Å². The molecular formula is C41H33Cl2N3O3. The molecule has 0 aromatic heterocycles. The number of fused-ring (bicyclic) bond motifs is 1. The molecule has 0 N–H and O–H groups in total. The first-order valence-corrected chi connectivity index (χ1v) is 17.0. The third kappa shape index (κ3) is 5.60. The van der Waals surface area contributed by atoms with Crippen molar-refractivity contribution in [2.24, 2.45) is 10.3 Å². The summed E-state index contributed by atoms with van der Waals surface area (Å²) in [5.41, 5.74) is 5.17. The number of oxime groups is 2. The maximum atomic E-state index is 7.10. The van der Waals surface area contributed by atoms with Gasteiger partial charge < -0.3 is 14.4 Å². The number of benzene rings is 5. The van der Waals surface area contributed by atoms with E-state index >= 15 is 0 Å². The first kappa shape index (κ1) is 31.4. The average molecular weight is 687 g/mol. The van der Waals surface area contributed by atoms with Crippen LogP contribution in [0.15, 0.2) is 155 Å². The molecule has 3 heterocycles. The third-order valence-electron chi connectivity index (χ3n) is 9.67. The lowest BCUT2D eigenvalue weighted by Gasteiger charge is -2.52. The Labute approximate surface area is 295 Å². The molecule has 0 radical (unpaired) electrons.